The summed E-state index contributed by atoms with van der Waals surface area (Å²) < 4.78 is 5.86. The molecule has 4 nitrogen and oxygen atoms in total. The van der Waals surface area contributed by atoms with Gasteiger partial charge in [-0.2, -0.15) is 0 Å². The number of rotatable bonds is 6. The Morgan fingerprint density at radius 2 is 2.10 bits per heavy atom. The topological polar surface area (TPSA) is 54.3 Å². The quantitative estimate of drug-likeness (QED) is 0.795. The van der Waals surface area contributed by atoms with Crippen molar-refractivity contribution in [1.82, 2.24) is 9.88 Å². The second kappa shape index (κ2) is 6.29. The highest BCUT2D eigenvalue weighted by Crippen LogP contribution is 2.23. The molecule has 0 spiro atoms. The predicted octanol–water partition coefficient (Wildman–Crippen LogP) is 2.49. The molecule has 1 aliphatic heterocycles. The third-order valence-electron chi connectivity index (χ3n) is 4.04. The summed E-state index contributed by atoms with van der Waals surface area (Å²) in [6.07, 6.45) is 5.77. The molecule has 1 aromatic carbocycles. The van der Waals surface area contributed by atoms with E-state index in [1.807, 2.05) is 12.3 Å². The number of hydrogen-bond donors (Lipinski definition) is 2. The van der Waals surface area contributed by atoms with E-state index in [2.05, 4.69) is 22.0 Å². The number of nitrogens with zero attached hydrogens (tertiary/aromatic N) is 1. The molecular formula is C16H23N3O. The molecule has 3 N–H and O–H groups in total. The summed E-state index contributed by atoms with van der Waals surface area (Å²) in [5, 5.41) is 1.17. The standard InChI is InChI=1S/C16H23N3O/c17-11-13-12-18-16-5-4-14(10-15(13)16)20-9-3-8-19-6-1-2-7-19/h4-5,10,12,18H,1-3,6-9,11,17H2. The summed E-state index contributed by atoms with van der Waals surface area (Å²) in [5.41, 5.74) is 8.00. The van der Waals surface area contributed by atoms with Crippen LogP contribution in [-0.2, 0) is 6.54 Å². The molecule has 3 rings (SSSR count). The van der Waals surface area contributed by atoms with Crippen LogP contribution < -0.4 is 10.5 Å². The van der Waals surface area contributed by atoms with Gasteiger partial charge in [-0.1, -0.05) is 0 Å². The van der Waals surface area contributed by atoms with E-state index in [0.29, 0.717) is 6.54 Å². The number of ether oxygens (including phenoxy) is 1. The molecule has 0 unspecified atom stereocenters. The maximum Gasteiger partial charge on any atom is 0.120 e. The molecule has 2 aromatic rings. The maximum atomic E-state index is 5.86. The van der Waals surface area contributed by atoms with Gasteiger partial charge >= 0.3 is 0 Å². The molecule has 1 saturated heterocycles. The lowest BCUT2D eigenvalue weighted by Crippen LogP contribution is -2.21. The van der Waals surface area contributed by atoms with Crippen molar-refractivity contribution < 1.29 is 4.74 Å². The third-order valence-corrected chi connectivity index (χ3v) is 4.04. The first-order valence-electron chi connectivity index (χ1n) is 7.52. The van der Waals surface area contributed by atoms with Crippen LogP contribution in [0.4, 0.5) is 0 Å². The Balaban J connectivity index is 1.54. The molecule has 108 valence electrons. The molecule has 1 fully saturated rings. The average Bonchev–Trinajstić information content (AvgIpc) is 3.12. The van der Waals surface area contributed by atoms with Crippen molar-refractivity contribution in [2.75, 3.05) is 26.2 Å². The van der Waals surface area contributed by atoms with Crippen LogP contribution in [0, 0.1) is 0 Å². The fourth-order valence-electron chi connectivity index (χ4n) is 2.90. The number of H-pyrrole nitrogens is 1. The zero-order chi connectivity index (χ0) is 13.8. The van der Waals surface area contributed by atoms with Gasteiger partial charge in [-0.3, -0.25) is 0 Å². The minimum atomic E-state index is 0.554. The first-order valence-corrected chi connectivity index (χ1v) is 7.52. The highest BCUT2D eigenvalue weighted by atomic mass is 16.5. The van der Waals surface area contributed by atoms with Gasteiger partial charge in [-0.15, -0.1) is 0 Å². The van der Waals surface area contributed by atoms with E-state index >= 15 is 0 Å². The Kier molecular flexibility index (Phi) is 4.23. The SMILES string of the molecule is NCc1c[nH]c2ccc(OCCCN3CCCC3)cc12. The number of benzene rings is 1. The summed E-state index contributed by atoms with van der Waals surface area (Å²) in [5.74, 6) is 0.938. The van der Waals surface area contributed by atoms with Gasteiger partial charge in [0.05, 0.1) is 6.61 Å². The monoisotopic (exact) mass is 273 g/mol. The molecule has 2 heterocycles. The molecule has 0 bridgehead atoms. The zero-order valence-corrected chi connectivity index (χ0v) is 11.9. The Morgan fingerprint density at radius 3 is 2.90 bits per heavy atom. The van der Waals surface area contributed by atoms with Gasteiger partial charge in [0.1, 0.15) is 5.75 Å². The number of likely N-dealkylation sites (tertiary alicyclic amines) is 1. The molecule has 1 aromatic heterocycles. The molecule has 0 radical (unpaired) electrons. The average molecular weight is 273 g/mol. The summed E-state index contributed by atoms with van der Waals surface area (Å²) in [6, 6.07) is 6.17. The van der Waals surface area contributed by atoms with Gasteiger partial charge in [0.15, 0.2) is 0 Å². The number of aromatic nitrogens is 1. The van der Waals surface area contributed by atoms with E-state index in [1.54, 1.807) is 0 Å². The first-order chi connectivity index (χ1) is 9.86. The number of nitrogens with one attached hydrogen (secondary N) is 1. The highest BCUT2D eigenvalue weighted by molar-refractivity contribution is 5.84. The number of fused-ring (bicyclic) bond motifs is 1. The predicted molar refractivity (Wildman–Crippen MR) is 82.0 cm³/mol. The van der Waals surface area contributed by atoms with Gasteiger partial charge in [0, 0.05) is 30.2 Å². The first kappa shape index (κ1) is 13.5. The molecular weight excluding hydrogens is 250 g/mol. The van der Waals surface area contributed by atoms with Crippen LogP contribution in [0.25, 0.3) is 10.9 Å². The van der Waals surface area contributed by atoms with Gasteiger partial charge in [0.25, 0.3) is 0 Å². The summed E-state index contributed by atoms with van der Waals surface area (Å²) >= 11 is 0. The number of nitrogens with two attached hydrogens (primary N) is 1. The molecule has 20 heavy (non-hydrogen) atoms. The zero-order valence-electron chi connectivity index (χ0n) is 11.9. The van der Waals surface area contributed by atoms with Crippen LogP contribution in [0.15, 0.2) is 24.4 Å². The number of aromatic amines is 1. The molecule has 0 amide bonds. The summed E-state index contributed by atoms with van der Waals surface area (Å²) in [6.45, 7) is 5.01. The van der Waals surface area contributed by atoms with E-state index in [-0.39, 0.29) is 0 Å². The van der Waals surface area contributed by atoms with Crippen molar-refractivity contribution in [2.45, 2.75) is 25.8 Å². The molecule has 1 aliphatic rings. The fourth-order valence-corrected chi connectivity index (χ4v) is 2.90. The Bertz CT molecular complexity index is 558. The lowest BCUT2D eigenvalue weighted by atomic mass is 10.1. The second-order valence-electron chi connectivity index (χ2n) is 5.48. The van der Waals surface area contributed by atoms with Crippen LogP contribution in [-0.4, -0.2) is 36.1 Å². The van der Waals surface area contributed by atoms with Crippen LogP contribution in [0.1, 0.15) is 24.8 Å². The van der Waals surface area contributed by atoms with E-state index in [4.69, 9.17) is 10.5 Å². The van der Waals surface area contributed by atoms with Crippen LogP contribution in [0.3, 0.4) is 0 Å². The summed E-state index contributed by atoms with van der Waals surface area (Å²) in [7, 11) is 0. The van der Waals surface area contributed by atoms with Gasteiger partial charge < -0.3 is 20.4 Å². The van der Waals surface area contributed by atoms with Crippen LogP contribution >= 0.6 is 0 Å². The minimum Gasteiger partial charge on any atom is -0.494 e. The van der Waals surface area contributed by atoms with E-state index in [1.165, 1.54) is 31.3 Å². The number of hydrogen-bond acceptors (Lipinski definition) is 3. The largest absolute Gasteiger partial charge is 0.494 e. The van der Waals surface area contributed by atoms with E-state index < -0.39 is 0 Å². The minimum absolute atomic E-state index is 0.554. The normalized spacial score (nSPS) is 16.1. The highest BCUT2D eigenvalue weighted by Gasteiger charge is 2.10. The lowest BCUT2D eigenvalue weighted by molar-refractivity contribution is 0.263. The van der Waals surface area contributed by atoms with Crippen molar-refractivity contribution in [3.05, 3.63) is 30.0 Å². The fraction of sp³-hybridized carbons (Fsp3) is 0.500. The Morgan fingerprint density at radius 1 is 1.25 bits per heavy atom. The van der Waals surface area contributed by atoms with Crippen molar-refractivity contribution in [2.24, 2.45) is 5.73 Å². The molecule has 0 aliphatic carbocycles. The van der Waals surface area contributed by atoms with E-state index in [9.17, 15) is 0 Å². The second-order valence-corrected chi connectivity index (χ2v) is 5.48. The summed E-state index contributed by atoms with van der Waals surface area (Å²) in [4.78, 5) is 5.75. The van der Waals surface area contributed by atoms with Crippen LogP contribution in [0.5, 0.6) is 5.75 Å². The maximum absolute atomic E-state index is 5.86. The van der Waals surface area contributed by atoms with Crippen molar-refractivity contribution in [3.63, 3.8) is 0 Å². The van der Waals surface area contributed by atoms with E-state index in [0.717, 1.165) is 36.4 Å². The van der Waals surface area contributed by atoms with Gasteiger partial charge in [-0.05, 0) is 56.1 Å². The Hall–Kier alpha value is -1.52. The van der Waals surface area contributed by atoms with Crippen molar-refractivity contribution in [1.29, 1.82) is 0 Å². The van der Waals surface area contributed by atoms with Gasteiger partial charge in [0.2, 0.25) is 0 Å². The smallest absolute Gasteiger partial charge is 0.120 e. The van der Waals surface area contributed by atoms with Crippen molar-refractivity contribution in [3.8, 4) is 5.75 Å². The van der Waals surface area contributed by atoms with Gasteiger partial charge in [-0.25, -0.2) is 0 Å². The lowest BCUT2D eigenvalue weighted by Gasteiger charge is -2.14. The van der Waals surface area contributed by atoms with Crippen molar-refractivity contribution >= 4 is 10.9 Å². The van der Waals surface area contributed by atoms with Crippen LogP contribution in [0.2, 0.25) is 0 Å². The Labute approximate surface area is 119 Å². The third kappa shape index (κ3) is 2.97. The molecule has 0 atom stereocenters. The molecule has 0 saturated carbocycles. The molecule has 4 heteroatoms.